The molecule has 2 heterocycles. The Balaban J connectivity index is 1.72. The molecule has 1 amide bonds. The highest BCUT2D eigenvalue weighted by molar-refractivity contribution is 5.69. The number of benzene rings is 1. The summed E-state index contributed by atoms with van der Waals surface area (Å²) >= 11 is 0. The van der Waals surface area contributed by atoms with Gasteiger partial charge in [-0.05, 0) is 63.8 Å². The molecule has 27 heavy (non-hydrogen) atoms. The Kier molecular flexibility index (Phi) is 6.15. The van der Waals surface area contributed by atoms with Crippen LogP contribution in [0.25, 0.3) is 0 Å². The molecular weight excluding hydrogens is 344 g/mol. The van der Waals surface area contributed by atoms with E-state index < -0.39 is 5.60 Å². The van der Waals surface area contributed by atoms with Crippen LogP contribution < -0.4 is 9.64 Å². The number of carbonyl (C=O) groups is 1. The van der Waals surface area contributed by atoms with Gasteiger partial charge in [-0.1, -0.05) is 0 Å². The summed E-state index contributed by atoms with van der Waals surface area (Å²) in [6, 6.07) is 4.41. The van der Waals surface area contributed by atoms with Crippen LogP contribution in [0.3, 0.4) is 0 Å². The molecular formula is C21H32N2O4. The van der Waals surface area contributed by atoms with Crippen molar-refractivity contribution in [1.82, 2.24) is 4.90 Å². The molecule has 0 aliphatic carbocycles. The first kappa shape index (κ1) is 19.8. The lowest BCUT2D eigenvalue weighted by Crippen LogP contribution is -2.38. The van der Waals surface area contributed by atoms with Crippen LogP contribution in [0, 0.1) is 0 Å². The lowest BCUT2D eigenvalue weighted by atomic mass is 10.0. The van der Waals surface area contributed by atoms with Crippen molar-refractivity contribution >= 4 is 11.8 Å². The van der Waals surface area contributed by atoms with E-state index in [1.807, 2.05) is 32.6 Å². The van der Waals surface area contributed by atoms with E-state index in [1.54, 1.807) is 0 Å². The molecule has 2 aliphatic heterocycles. The largest absolute Gasteiger partial charge is 0.490 e. The number of rotatable bonds is 4. The molecule has 0 spiro atoms. The van der Waals surface area contributed by atoms with E-state index in [9.17, 15) is 4.79 Å². The maximum absolute atomic E-state index is 12.4. The number of nitrogens with zero attached hydrogens (tertiary/aromatic N) is 2. The fraction of sp³-hybridized carbons (Fsp3) is 0.667. The molecule has 0 N–H and O–H groups in total. The Morgan fingerprint density at radius 2 is 1.85 bits per heavy atom. The molecule has 0 aromatic heterocycles. The molecule has 0 radical (unpaired) electrons. The molecule has 0 unspecified atom stereocenters. The van der Waals surface area contributed by atoms with Crippen molar-refractivity contribution in [3.8, 4) is 5.75 Å². The van der Waals surface area contributed by atoms with Gasteiger partial charge in [0.1, 0.15) is 18.0 Å². The molecule has 1 aromatic rings. The molecule has 6 nitrogen and oxygen atoms in total. The number of anilines is 1. The third-order valence-electron chi connectivity index (χ3n) is 4.90. The van der Waals surface area contributed by atoms with Gasteiger partial charge in [0.15, 0.2) is 0 Å². The second-order valence-electron chi connectivity index (χ2n) is 8.09. The van der Waals surface area contributed by atoms with Crippen LogP contribution in [0.1, 0.15) is 38.8 Å². The maximum atomic E-state index is 12.4. The molecule has 0 bridgehead atoms. The van der Waals surface area contributed by atoms with Crippen LogP contribution in [0.4, 0.5) is 10.5 Å². The van der Waals surface area contributed by atoms with Gasteiger partial charge in [0.2, 0.25) is 0 Å². The number of fused-ring (bicyclic) bond motifs is 2. The van der Waals surface area contributed by atoms with Gasteiger partial charge in [0.05, 0.1) is 18.8 Å². The second kappa shape index (κ2) is 8.38. The minimum Gasteiger partial charge on any atom is -0.490 e. The van der Waals surface area contributed by atoms with Crippen molar-refractivity contribution in [2.75, 3.05) is 50.9 Å². The monoisotopic (exact) mass is 376 g/mol. The van der Waals surface area contributed by atoms with Crippen molar-refractivity contribution in [2.45, 2.75) is 46.1 Å². The Labute approximate surface area is 162 Å². The molecule has 0 fully saturated rings. The quantitative estimate of drug-likeness (QED) is 0.755. The third kappa shape index (κ3) is 5.06. The van der Waals surface area contributed by atoms with Gasteiger partial charge in [0.25, 0.3) is 0 Å². The summed E-state index contributed by atoms with van der Waals surface area (Å²) < 4.78 is 17.0. The first-order chi connectivity index (χ1) is 12.9. The van der Waals surface area contributed by atoms with Gasteiger partial charge in [-0.3, -0.25) is 0 Å². The minimum atomic E-state index is -0.468. The molecule has 0 saturated heterocycles. The van der Waals surface area contributed by atoms with Gasteiger partial charge in [-0.15, -0.1) is 0 Å². The summed E-state index contributed by atoms with van der Waals surface area (Å²) in [4.78, 5) is 16.6. The average Bonchev–Trinajstić information content (AvgIpc) is 2.81. The number of hydrogen-bond acceptors (Lipinski definition) is 5. The van der Waals surface area contributed by atoms with Gasteiger partial charge in [-0.25, -0.2) is 4.79 Å². The highest BCUT2D eigenvalue weighted by Gasteiger charge is 2.26. The number of hydrogen-bond donors (Lipinski definition) is 0. The van der Waals surface area contributed by atoms with Crippen LogP contribution in [0.5, 0.6) is 5.75 Å². The maximum Gasteiger partial charge on any atom is 0.410 e. The zero-order valence-corrected chi connectivity index (χ0v) is 17.0. The first-order valence-electron chi connectivity index (χ1n) is 9.96. The van der Waals surface area contributed by atoms with E-state index in [1.165, 1.54) is 11.1 Å². The summed E-state index contributed by atoms with van der Waals surface area (Å²) in [5.74, 6) is 0.946. The number of amides is 1. The fourth-order valence-electron chi connectivity index (χ4n) is 3.55. The molecule has 0 saturated carbocycles. The molecule has 1 aromatic carbocycles. The summed E-state index contributed by atoms with van der Waals surface area (Å²) in [6.07, 6.45) is 1.43. The highest BCUT2D eigenvalue weighted by atomic mass is 16.6. The van der Waals surface area contributed by atoms with Gasteiger partial charge in [0, 0.05) is 26.2 Å². The molecule has 150 valence electrons. The summed E-state index contributed by atoms with van der Waals surface area (Å²) in [7, 11) is 0. The van der Waals surface area contributed by atoms with Crippen LogP contribution in [0.15, 0.2) is 12.1 Å². The Morgan fingerprint density at radius 3 is 2.52 bits per heavy atom. The van der Waals surface area contributed by atoms with Crippen LogP contribution in [-0.2, 0) is 22.3 Å². The van der Waals surface area contributed by atoms with Gasteiger partial charge < -0.3 is 24.0 Å². The van der Waals surface area contributed by atoms with E-state index in [4.69, 9.17) is 14.2 Å². The van der Waals surface area contributed by atoms with Gasteiger partial charge in [-0.2, -0.15) is 0 Å². The standard InChI is InChI=1S/C21H32N2O4/c1-5-25-12-10-22-11-13-26-19-15-17-7-9-23(20(24)27-21(2,3)4)8-6-16(17)14-18(19)22/h14-15H,5-13H2,1-4H3. The van der Waals surface area contributed by atoms with E-state index >= 15 is 0 Å². The lowest BCUT2D eigenvalue weighted by Gasteiger charge is -2.32. The van der Waals surface area contributed by atoms with E-state index in [2.05, 4.69) is 17.0 Å². The predicted molar refractivity (Wildman–Crippen MR) is 106 cm³/mol. The first-order valence-corrected chi connectivity index (χ1v) is 9.96. The summed E-state index contributed by atoms with van der Waals surface area (Å²) in [6.45, 7) is 13.0. The SMILES string of the molecule is CCOCCN1CCOc2cc3c(cc21)CCN(C(=O)OC(C)(C)C)CC3. The zero-order valence-electron chi connectivity index (χ0n) is 17.0. The number of carbonyl (C=O) groups excluding carboxylic acids is 1. The van der Waals surface area contributed by atoms with Crippen LogP contribution in [0.2, 0.25) is 0 Å². The zero-order chi connectivity index (χ0) is 19.4. The summed E-state index contributed by atoms with van der Waals surface area (Å²) in [5, 5.41) is 0. The number of ether oxygens (including phenoxy) is 3. The van der Waals surface area contributed by atoms with Crippen molar-refractivity contribution in [3.63, 3.8) is 0 Å². The van der Waals surface area contributed by atoms with Crippen LogP contribution in [-0.4, -0.2) is 62.6 Å². The Bertz CT molecular complexity index is 669. The van der Waals surface area contributed by atoms with E-state index in [0.717, 1.165) is 50.6 Å². The Hall–Kier alpha value is -1.95. The smallest absolute Gasteiger partial charge is 0.410 e. The van der Waals surface area contributed by atoms with Crippen LogP contribution >= 0.6 is 0 Å². The minimum absolute atomic E-state index is 0.227. The van der Waals surface area contributed by atoms with Crippen molar-refractivity contribution in [2.24, 2.45) is 0 Å². The highest BCUT2D eigenvalue weighted by Crippen LogP contribution is 2.35. The normalized spacial score (nSPS) is 16.9. The van der Waals surface area contributed by atoms with Crippen molar-refractivity contribution < 1.29 is 19.0 Å². The molecule has 6 heteroatoms. The third-order valence-corrected chi connectivity index (χ3v) is 4.90. The van der Waals surface area contributed by atoms with E-state index in [0.29, 0.717) is 19.7 Å². The Morgan fingerprint density at radius 1 is 1.15 bits per heavy atom. The predicted octanol–water partition coefficient (Wildman–Crippen LogP) is 3.26. The van der Waals surface area contributed by atoms with E-state index in [-0.39, 0.29) is 6.09 Å². The van der Waals surface area contributed by atoms with Crippen molar-refractivity contribution in [1.29, 1.82) is 0 Å². The van der Waals surface area contributed by atoms with Crippen molar-refractivity contribution in [3.05, 3.63) is 23.3 Å². The molecule has 0 atom stereocenters. The topological polar surface area (TPSA) is 51.2 Å². The molecule has 3 rings (SSSR count). The van der Waals surface area contributed by atoms with Gasteiger partial charge >= 0.3 is 6.09 Å². The lowest BCUT2D eigenvalue weighted by molar-refractivity contribution is 0.0258. The molecule has 2 aliphatic rings. The second-order valence-corrected chi connectivity index (χ2v) is 8.09. The summed E-state index contributed by atoms with van der Waals surface area (Å²) in [5.41, 5.74) is 3.24. The average molecular weight is 376 g/mol. The fourth-order valence-corrected chi connectivity index (χ4v) is 3.55.